The number of fused-ring (bicyclic) bond motifs is 4. The van der Waals surface area contributed by atoms with E-state index in [4.69, 9.17) is 14.2 Å². The number of esters is 2. The highest BCUT2D eigenvalue weighted by Crippen LogP contribution is 2.68. The van der Waals surface area contributed by atoms with Crippen LogP contribution in [0.25, 0.3) is 0 Å². The number of aliphatic hydroxyl groups is 1. The largest absolute Gasteiger partial charge is 0.468 e. The zero-order valence-corrected chi connectivity index (χ0v) is 16.9. The molecule has 3 aliphatic carbocycles. The molecule has 6 nitrogen and oxygen atoms in total. The lowest BCUT2D eigenvalue weighted by atomic mass is 9.48. The number of rotatable bonds is 2. The van der Waals surface area contributed by atoms with Crippen molar-refractivity contribution < 1.29 is 28.9 Å². The van der Waals surface area contributed by atoms with E-state index in [0.29, 0.717) is 6.42 Å². The minimum absolute atomic E-state index is 0.104. The van der Waals surface area contributed by atoms with Crippen molar-refractivity contribution in [2.75, 3.05) is 14.2 Å². The zero-order valence-electron chi connectivity index (χ0n) is 16.9. The monoisotopic (exact) mass is 400 g/mol. The van der Waals surface area contributed by atoms with Gasteiger partial charge in [-0.2, -0.15) is 0 Å². The molecular weight excluding hydrogens is 372 g/mol. The Balaban J connectivity index is 1.74. The van der Waals surface area contributed by atoms with Crippen LogP contribution in [0.3, 0.4) is 0 Å². The zero-order chi connectivity index (χ0) is 20.4. The molecule has 1 saturated heterocycles. The molecule has 0 aromatic heterocycles. The van der Waals surface area contributed by atoms with Gasteiger partial charge in [-0.1, -0.05) is 24.3 Å². The van der Waals surface area contributed by atoms with Gasteiger partial charge in [-0.15, -0.1) is 0 Å². The van der Waals surface area contributed by atoms with Crippen molar-refractivity contribution in [3.05, 3.63) is 35.4 Å². The number of methoxy groups -OCH3 is 2. The molecule has 5 rings (SSSR count). The Labute approximate surface area is 170 Å². The summed E-state index contributed by atoms with van der Waals surface area (Å²) in [5.41, 5.74) is 0.100. The third kappa shape index (κ3) is 2.36. The quantitative estimate of drug-likeness (QED) is 0.607. The van der Waals surface area contributed by atoms with Crippen molar-refractivity contribution in [3.8, 4) is 0 Å². The summed E-state index contributed by atoms with van der Waals surface area (Å²) in [7, 11) is 2.66. The molecule has 6 heteroatoms. The molecule has 1 unspecified atom stereocenters. The van der Waals surface area contributed by atoms with Crippen LogP contribution >= 0.6 is 0 Å². The molecule has 1 aromatic carbocycles. The second kappa shape index (κ2) is 6.54. The molecule has 2 saturated carbocycles. The number of hydrogen-bond donors (Lipinski definition) is 1. The van der Waals surface area contributed by atoms with Crippen LogP contribution in [0.4, 0.5) is 0 Å². The number of carbonyl (C=O) groups excluding carboxylic acids is 2. The fraction of sp³-hybridized carbons (Fsp3) is 0.652. The van der Waals surface area contributed by atoms with E-state index in [1.807, 2.05) is 18.2 Å². The molecule has 0 radical (unpaired) electrons. The molecule has 1 heterocycles. The van der Waals surface area contributed by atoms with Gasteiger partial charge in [0.1, 0.15) is 0 Å². The van der Waals surface area contributed by atoms with E-state index in [2.05, 4.69) is 6.07 Å². The molecule has 1 aromatic rings. The number of aliphatic hydroxyl groups excluding tert-OH is 1. The Hall–Kier alpha value is -1.92. The standard InChI is InChI=1S/C23H28O6/c1-27-20(25)22(21(26)28-2)12-23-14(11-18(24)29-23)8-10-17(23)16-9-7-13-5-3-4-6-15(13)19(16)22/h3-6,14,16-19,24H,7-12H2,1-2H3/t14-,16-,17-,18?,19+,23+/m0/s1. The summed E-state index contributed by atoms with van der Waals surface area (Å²) in [5.74, 6) is -0.950. The first kappa shape index (κ1) is 19.1. The van der Waals surface area contributed by atoms with Gasteiger partial charge in [-0.25, -0.2) is 0 Å². The lowest BCUT2D eigenvalue weighted by Gasteiger charge is -2.56. The molecule has 156 valence electrons. The summed E-state index contributed by atoms with van der Waals surface area (Å²) in [4.78, 5) is 26.7. The SMILES string of the molecule is COC(=O)C1(C(=O)OC)C[C@@]23OC(O)C[C@@H]2CC[C@H]3[C@@H]2CCc3ccccc3[C@H]21. The molecule has 0 amide bonds. The molecule has 1 spiro atoms. The van der Waals surface area contributed by atoms with Gasteiger partial charge in [0.25, 0.3) is 0 Å². The molecule has 1 aliphatic heterocycles. The van der Waals surface area contributed by atoms with Crippen LogP contribution < -0.4 is 0 Å². The minimum Gasteiger partial charge on any atom is -0.468 e. The molecule has 6 atom stereocenters. The van der Waals surface area contributed by atoms with Crippen LogP contribution in [0.2, 0.25) is 0 Å². The predicted octanol–water partition coefficient (Wildman–Crippen LogP) is 2.57. The smallest absolute Gasteiger partial charge is 0.323 e. The Kier molecular flexibility index (Phi) is 4.30. The van der Waals surface area contributed by atoms with Gasteiger partial charge >= 0.3 is 11.9 Å². The third-order valence-electron chi connectivity index (χ3n) is 8.25. The van der Waals surface area contributed by atoms with Crippen LogP contribution in [-0.4, -0.2) is 43.2 Å². The fourth-order valence-corrected chi connectivity index (χ4v) is 7.35. The van der Waals surface area contributed by atoms with E-state index < -0.39 is 29.2 Å². The number of benzene rings is 1. The highest BCUT2D eigenvalue weighted by molar-refractivity contribution is 6.02. The van der Waals surface area contributed by atoms with E-state index in [9.17, 15) is 14.7 Å². The molecule has 0 bridgehead atoms. The predicted molar refractivity (Wildman–Crippen MR) is 103 cm³/mol. The van der Waals surface area contributed by atoms with Crippen LogP contribution in [-0.2, 0) is 30.2 Å². The first-order chi connectivity index (χ1) is 14.0. The maximum atomic E-state index is 13.4. The molecular formula is C23H28O6. The van der Waals surface area contributed by atoms with E-state index >= 15 is 0 Å². The molecule has 29 heavy (non-hydrogen) atoms. The average molecular weight is 400 g/mol. The van der Waals surface area contributed by atoms with Gasteiger partial charge in [0.2, 0.25) is 0 Å². The van der Waals surface area contributed by atoms with Crippen LogP contribution in [0.15, 0.2) is 24.3 Å². The van der Waals surface area contributed by atoms with Crippen LogP contribution in [0.1, 0.15) is 49.1 Å². The van der Waals surface area contributed by atoms with Gasteiger partial charge in [0.15, 0.2) is 11.7 Å². The van der Waals surface area contributed by atoms with E-state index in [1.165, 1.54) is 19.8 Å². The lowest BCUT2D eigenvalue weighted by molar-refractivity contribution is -0.219. The third-order valence-corrected chi connectivity index (χ3v) is 8.25. The van der Waals surface area contributed by atoms with E-state index in [0.717, 1.165) is 31.2 Å². The van der Waals surface area contributed by atoms with Gasteiger partial charge < -0.3 is 19.3 Å². The number of aryl methyl sites for hydroxylation is 1. The number of hydrogen-bond acceptors (Lipinski definition) is 6. The summed E-state index contributed by atoms with van der Waals surface area (Å²) in [6.07, 6.45) is 3.67. The van der Waals surface area contributed by atoms with Crippen molar-refractivity contribution in [1.29, 1.82) is 0 Å². The summed E-state index contributed by atoms with van der Waals surface area (Å²) >= 11 is 0. The summed E-state index contributed by atoms with van der Waals surface area (Å²) in [6, 6.07) is 8.10. The summed E-state index contributed by atoms with van der Waals surface area (Å²) < 4.78 is 16.7. The maximum Gasteiger partial charge on any atom is 0.323 e. The van der Waals surface area contributed by atoms with Gasteiger partial charge in [0, 0.05) is 18.8 Å². The topological polar surface area (TPSA) is 82.1 Å². The van der Waals surface area contributed by atoms with Crippen molar-refractivity contribution in [2.45, 2.75) is 56.3 Å². The maximum absolute atomic E-state index is 13.4. The number of ether oxygens (including phenoxy) is 3. The Bertz CT molecular complexity index is 834. The van der Waals surface area contributed by atoms with Gasteiger partial charge in [-0.05, 0) is 54.6 Å². The van der Waals surface area contributed by atoms with Crippen molar-refractivity contribution in [1.82, 2.24) is 0 Å². The van der Waals surface area contributed by atoms with E-state index in [-0.39, 0.29) is 30.1 Å². The second-order valence-electron chi connectivity index (χ2n) is 9.15. The van der Waals surface area contributed by atoms with E-state index in [1.54, 1.807) is 0 Å². The normalized spacial score (nSPS) is 38.9. The fourth-order valence-electron chi connectivity index (χ4n) is 7.35. The summed E-state index contributed by atoms with van der Waals surface area (Å²) in [6.45, 7) is 0. The lowest BCUT2D eigenvalue weighted by Crippen LogP contribution is -2.62. The average Bonchev–Trinajstić information content (AvgIpc) is 3.23. The highest BCUT2D eigenvalue weighted by atomic mass is 16.6. The van der Waals surface area contributed by atoms with Crippen LogP contribution in [0.5, 0.6) is 0 Å². The molecule has 4 aliphatic rings. The molecule has 1 N–H and O–H groups in total. The van der Waals surface area contributed by atoms with Crippen LogP contribution in [0, 0.1) is 23.2 Å². The van der Waals surface area contributed by atoms with Crippen molar-refractivity contribution >= 4 is 11.9 Å². The van der Waals surface area contributed by atoms with Gasteiger partial charge in [-0.3, -0.25) is 9.59 Å². The first-order valence-electron chi connectivity index (χ1n) is 10.6. The Morgan fingerprint density at radius 2 is 1.83 bits per heavy atom. The first-order valence-corrected chi connectivity index (χ1v) is 10.6. The highest BCUT2D eigenvalue weighted by Gasteiger charge is 2.73. The minimum atomic E-state index is -1.46. The Morgan fingerprint density at radius 1 is 1.10 bits per heavy atom. The number of carbonyl (C=O) groups is 2. The molecule has 3 fully saturated rings. The Morgan fingerprint density at radius 3 is 2.55 bits per heavy atom. The second-order valence-corrected chi connectivity index (χ2v) is 9.15. The van der Waals surface area contributed by atoms with Crippen molar-refractivity contribution in [2.24, 2.45) is 23.2 Å². The van der Waals surface area contributed by atoms with Crippen molar-refractivity contribution in [3.63, 3.8) is 0 Å². The summed E-state index contributed by atoms with van der Waals surface area (Å²) in [5, 5.41) is 10.3. The van der Waals surface area contributed by atoms with Gasteiger partial charge in [0.05, 0.1) is 19.8 Å².